The summed E-state index contributed by atoms with van der Waals surface area (Å²) in [6.45, 7) is 1.22. The maximum Gasteiger partial charge on any atom is 0.276 e. The van der Waals surface area contributed by atoms with E-state index in [0.717, 1.165) is 0 Å². The van der Waals surface area contributed by atoms with Crippen LogP contribution >= 0.6 is 11.8 Å². The number of hydrogen-bond acceptors (Lipinski definition) is 7. The number of aryl methyl sites for hydroxylation is 1. The highest BCUT2D eigenvalue weighted by Gasteiger charge is 2.43. The van der Waals surface area contributed by atoms with Gasteiger partial charge in [0, 0.05) is 11.8 Å². The summed E-state index contributed by atoms with van der Waals surface area (Å²) in [6.07, 6.45) is -0.816. The zero-order valence-electron chi connectivity index (χ0n) is 10.6. The Kier molecular flexibility index (Phi) is 4.26. The average Bonchev–Trinajstić information content (AvgIpc) is 2.69. The lowest BCUT2D eigenvalue weighted by atomic mass is 10.1. The van der Waals surface area contributed by atoms with Crippen molar-refractivity contribution in [2.75, 3.05) is 12.9 Å². The van der Waals surface area contributed by atoms with Gasteiger partial charge < -0.3 is 20.1 Å². The molecular formula is C11H16N2O5S. The third-order valence-electron chi connectivity index (χ3n) is 3.06. The lowest BCUT2D eigenvalue weighted by molar-refractivity contribution is -0.0577. The number of ether oxygens (including phenoxy) is 1. The number of aliphatic hydroxyl groups excluding tert-OH is 3. The van der Waals surface area contributed by atoms with Crippen LogP contribution in [0.4, 0.5) is 0 Å². The number of aliphatic hydroxyl groups is 3. The van der Waals surface area contributed by atoms with Crippen LogP contribution in [0.15, 0.2) is 16.1 Å². The van der Waals surface area contributed by atoms with Gasteiger partial charge in [0.15, 0.2) is 11.4 Å². The highest BCUT2D eigenvalue weighted by Crippen LogP contribution is 2.31. The summed E-state index contributed by atoms with van der Waals surface area (Å²) in [4.78, 5) is 15.4. The standard InChI is InChI=1S/C11H16N2O5S/c1-5-3-13(11(19-2)12-9(5)17)10-8(16)7(15)6(4-14)18-10/h3,6-8,10,14-16H,4H2,1-2H3/t6-,7-,8-,10-/m1/s1. The summed E-state index contributed by atoms with van der Waals surface area (Å²) < 4.78 is 6.92. The molecule has 106 valence electrons. The number of nitrogens with zero attached hydrogens (tertiary/aromatic N) is 2. The molecular weight excluding hydrogens is 272 g/mol. The average molecular weight is 288 g/mol. The minimum absolute atomic E-state index is 0.340. The predicted octanol–water partition coefficient (Wildman–Crippen LogP) is -1.11. The van der Waals surface area contributed by atoms with Crippen molar-refractivity contribution in [3.8, 4) is 0 Å². The molecule has 0 spiro atoms. The second kappa shape index (κ2) is 5.59. The molecule has 0 radical (unpaired) electrons. The highest BCUT2D eigenvalue weighted by molar-refractivity contribution is 7.98. The first-order valence-electron chi connectivity index (χ1n) is 5.75. The van der Waals surface area contributed by atoms with E-state index in [4.69, 9.17) is 9.84 Å². The van der Waals surface area contributed by atoms with Crippen molar-refractivity contribution in [2.24, 2.45) is 0 Å². The molecule has 4 atom stereocenters. The van der Waals surface area contributed by atoms with E-state index in [1.54, 1.807) is 13.2 Å². The third kappa shape index (κ3) is 2.54. The quantitative estimate of drug-likeness (QED) is 0.478. The fourth-order valence-electron chi connectivity index (χ4n) is 2.00. The Morgan fingerprint density at radius 2 is 2.16 bits per heavy atom. The Morgan fingerprint density at radius 1 is 1.47 bits per heavy atom. The maximum absolute atomic E-state index is 11.5. The van der Waals surface area contributed by atoms with Gasteiger partial charge >= 0.3 is 0 Å². The second-order valence-corrected chi connectivity index (χ2v) is 5.13. The third-order valence-corrected chi connectivity index (χ3v) is 3.73. The molecule has 3 N–H and O–H groups in total. The molecule has 19 heavy (non-hydrogen) atoms. The van der Waals surface area contributed by atoms with Crippen molar-refractivity contribution in [3.05, 3.63) is 22.1 Å². The molecule has 7 nitrogen and oxygen atoms in total. The zero-order valence-corrected chi connectivity index (χ0v) is 11.4. The van der Waals surface area contributed by atoms with Gasteiger partial charge in [-0.15, -0.1) is 0 Å². The molecule has 0 unspecified atom stereocenters. The summed E-state index contributed by atoms with van der Waals surface area (Å²) in [5, 5.41) is 29.2. The molecule has 1 aliphatic rings. The first-order valence-corrected chi connectivity index (χ1v) is 6.98. The predicted molar refractivity (Wildman–Crippen MR) is 68.0 cm³/mol. The Bertz CT molecular complexity index is 520. The topological polar surface area (TPSA) is 105 Å². The van der Waals surface area contributed by atoms with Gasteiger partial charge in [-0.2, -0.15) is 4.98 Å². The van der Waals surface area contributed by atoms with Crippen LogP contribution < -0.4 is 5.56 Å². The maximum atomic E-state index is 11.5. The molecule has 1 saturated heterocycles. The molecule has 1 aromatic heterocycles. The van der Waals surface area contributed by atoms with E-state index >= 15 is 0 Å². The summed E-state index contributed by atoms with van der Waals surface area (Å²) in [5.74, 6) is 0. The Labute approximate surface area is 113 Å². The summed E-state index contributed by atoms with van der Waals surface area (Å²) >= 11 is 1.23. The largest absolute Gasteiger partial charge is 0.394 e. The fraction of sp³-hybridized carbons (Fsp3) is 0.636. The van der Waals surface area contributed by atoms with Crippen molar-refractivity contribution >= 4 is 11.8 Å². The van der Waals surface area contributed by atoms with E-state index in [2.05, 4.69) is 4.98 Å². The van der Waals surface area contributed by atoms with Crippen LogP contribution in [-0.4, -0.2) is 56.0 Å². The van der Waals surface area contributed by atoms with Crippen molar-refractivity contribution in [1.29, 1.82) is 0 Å². The van der Waals surface area contributed by atoms with Crippen LogP contribution in [0.25, 0.3) is 0 Å². The number of thioether (sulfide) groups is 1. The normalized spacial score (nSPS) is 30.8. The Balaban J connectivity index is 2.42. The Hall–Kier alpha value is -0.930. The number of aromatic nitrogens is 2. The van der Waals surface area contributed by atoms with Gasteiger partial charge in [0.2, 0.25) is 0 Å². The minimum atomic E-state index is -1.19. The highest BCUT2D eigenvalue weighted by atomic mass is 32.2. The van der Waals surface area contributed by atoms with Crippen LogP contribution in [0.2, 0.25) is 0 Å². The lowest BCUT2D eigenvalue weighted by Gasteiger charge is -2.21. The van der Waals surface area contributed by atoms with E-state index in [9.17, 15) is 15.0 Å². The van der Waals surface area contributed by atoms with Crippen molar-refractivity contribution < 1.29 is 20.1 Å². The monoisotopic (exact) mass is 288 g/mol. The van der Waals surface area contributed by atoms with Crippen LogP contribution in [-0.2, 0) is 4.74 Å². The van der Waals surface area contributed by atoms with Crippen LogP contribution in [0.5, 0.6) is 0 Å². The van der Waals surface area contributed by atoms with E-state index in [1.165, 1.54) is 22.5 Å². The van der Waals surface area contributed by atoms with Gasteiger partial charge in [-0.1, -0.05) is 11.8 Å². The number of rotatable bonds is 3. The molecule has 1 fully saturated rings. The molecule has 0 aromatic carbocycles. The summed E-state index contributed by atoms with van der Waals surface area (Å²) in [7, 11) is 0. The van der Waals surface area contributed by atoms with Crippen molar-refractivity contribution in [1.82, 2.24) is 9.55 Å². The zero-order chi connectivity index (χ0) is 14.2. The molecule has 1 aliphatic heterocycles. The van der Waals surface area contributed by atoms with Crippen LogP contribution in [0, 0.1) is 6.92 Å². The molecule has 8 heteroatoms. The first-order chi connectivity index (χ1) is 8.99. The SMILES string of the molecule is CSc1nc(=O)c(C)cn1[C@@H]1O[C@H](CO)[C@@H](O)[C@H]1O. The smallest absolute Gasteiger partial charge is 0.276 e. The second-order valence-electron chi connectivity index (χ2n) is 4.35. The summed E-state index contributed by atoms with van der Waals surface area (Å²) in [5.41, 5.74) is 0.0721. The molecule has 0 bridgehead atoms. The van der Waals surface area contributed by atoms with Crippen molar-refractivity contribution in [2.45, 2.75) is 36.6 Å². The van der Waals surface area contributed by atoms with Gasteiger partial charge in [0.05, 0.1) is 6.61 Å². The Morgan fingerprint density at radius 3 is 2.68 bits per heavy atom. The molecule has 0 amide bonds. The van der Waals surface area contributed by atoms with Gasteiger partial charge in [-0.25, -0.2) is 0 Å². The van der Waals surface area contributed by atoms with E-state index in [1.807, 2.05) is 0 Å². The fourth-order valence-corrected chi connectivity index (χ4v) is 2.54. The van der Waals surface area contributed by atoms with E-state index in [0.29, 0.717) is 10.7 Å². The molecule has 1 aromatic rings. The van der Waals surface area contributed by atoms with E-state index < -0.39 is 31.1 Å². The van der Waals surface area contributed by atoms with Crippen molar-refractivity contribution in [3.63, 3.8) is 0 Å². The van der Waals surface area contributed by atoms with Gasteiger partial charge in [-0.3, -0.25) is 9.36 Å². The molecule has 2 heterocycles. The lowest BCUT2D eigenvalue weighted by Crippen LogP contribution is -2.33. The van der Waals surface area contributed by atoms with E-state index in [-0.39, 0.29) is 5.56 Å². The number of hydrogen-bond donors (Lipinski definition) is 3. The minimum Gasteiger partial charge on any atom is -0.394 e. The van der Waals surface area contributed by atoms with Gasteiger partial charge in [0.1, 0.15) is 18.3 Å². The van der Waals surface area contributed by atoms with Gasteiger partial charge in [0.25, 0.3) is 5.56 Å². The molecule has 2 rings (SSSR count). The molecule has 0 aliphatic carbocycles. The van der Waals surface area contributed by atoms with Gasteiger partial charge in [-0.05, 0) is 13.2 Å². The first kappa shape index (κ1) is 14.5. The summed E-state index contributed by atoms with van der Waals surface area (Å²) in [6, 6.07) is 0. The van der Waals surface area contributed by atoms with Crippen LogP contribution in [0.1, 0.15) is 11.8 Å². The van der Waals surface area contributed by atoms with Crippen LogP contribution in [0.3, 0.4) is 0 Å². The molecule has 0 saturated carbocycles.